The molecule has 1 N–H and O–H groups in total. The topological polar surface area (TPSA) is 38.7 Å². The van der Waals surface area contributed by atoms with E-state index in [1.54, 1.807) is 0 Å². The first kappa shape index (κ1) is 11.2. The van der Waals surface area contributed by atoms with E-state index < -0.39 is 0 Å². The summed E-state index contributed by atoms with van der Waals surface area (Å²) >= 11 is 0. The molecule has 2 unspecified atom stereocenters. The number of ether oxygens (including phenoxy) is 2. The molecule has 2 heterocycles. The SMILES string of the molecule is OC1=CC(C2CCOC2)OCC1.[Pt]. The molecule has 0 radical (unpaired) electrons. The Bertz CT molecular complexity index is 187. The standard InChI is InChI=1S/C9H14O3.Pt/c10-8-2-4-12-9(5-8)7-1-3-11-6-7;/h5,7,9-10H,1-4,6H2;. The van der Waals surface area contributed by atoms with Gasteiger partial charge in [-0.05, 0) is 12.5 Å². The van der Waals surface area contributed by atoms with Crippen LogP contribution < -0.4 is 0 Å². The summed E-state index contributed by atoms with van der Waals surface area (Å²) in [5, 5.41) is 9.28. The Kier molecular flexibility index (Phi) is 4.43. The van der Waals surface area contributed by atoms with Crippen molar-refractivity contribution in [2.45, 2.75) is 18.9 Å². The summed E-state index contributed by atoms with van der Waals surface area (Å²) in [6.45, 7) is 2.25. The first-order valence-corrected chi connectivity index (χ1v) is 4.45. The van der Waals surface area contributed by atoms with Crippen molar-refractivity contribution in [2.24, 2.45) is 5.92 Å². The molecule has 0 bridgehead atoms. The van der Waals surface area contributed by atoms with Crippen molar-refractivity contribution in [1.82, 2.24) is 0 Å². The summed E-state index contributed by atoms with van der Waals surface area (Å²) in [5.74, 6) is 0.922. The molecular weight excluding hydrogens is 351 g/mol. The van der Waals surface area contributed by atoms with Gasteiger partial charge in [0, 0.05) is 40.0 Å². The van der Waals surface area contributed by atoms with Gasteiger partial charge in [-0.2, -0.15) is 0 Å². The maximum Gasteiger partial charge on any atom is 0.0931 e. The number of aliphatic hydroxyl groups excluding tert-OH is 1. The van der Waals surface area contributed by atoms with Crippen LogP contribution in [0.15, 0.2) is 11.8 Å². The summed E-state index contributed by atoms with van der Waals surface area (Å²) in [4.78, 5) is 0. The second-order valence-electron chi connectivity index (χ2n) is 3.37. The second-order valence-corrected chi connectivity index (χ2v) is 3.37. The van der Waals surface area contributed by atoms with Gasteiger partial charge in [-0.15, -0.1) is 0 Å². The van der Waals surface area contributed by atoms with Crippen LogP contribution in [0.5, 0.6) is 0 Å². The van der Waals surface area contributed by atoms with Crippen LogP contribution in [0.1, 0.15) is 12.8 Å². The molecule has 0 aromatic rings. The van der Waals surface area contributed by atoms with E-state index >= 15 is 0 Å². The average molecular weight is 365 g/mol. The Morgan fingerprint density at radius 1 is 1.38 bits per heavy atom. The molecule has 4 heteroatoms. The van der Waals surface area contributed by atoms with Crippen LogP contribution >= 0.6 is 0 Å². The monoisotopic (exact) mass is 365 g/mol. The van der Waals surface area contributed by atoms with Crippen molar-refractivity contribution in [1.29, 1.82) is 0 Å². The minimum atomic E-state index is 0. The zero-order valence-corrected chi connectivity index (χ0v) is 9.62. The molecule has 0 aliphatic carbocycles. The molecule has 2 aliphatic rings. The van der Waals surface area contributed by atoms with Gasteiger partial charge in [0.1, 0.15) is 0 Å². The molecule has 0 aromatic heterocycles. The van der Waals surface area contributed by atoms with Crippen LogP contribution in [0.4, 0.5) is 0 Å². The van der Waals surface area contributed by atoms with Crippen molar-refractivity contribution >= 4 is 0 Å². The first-order chi connectivity index (χ1) is 5.86. The van der Waals surface area contributed by atoms with Gasteiger partial charge in [-0.1, -0.05) is 0 Å². The van der Waals surface area contributed by atoms with Gasteiger partial charge in [0.2, 0.25) is 0 Å². The maximum atomic E-state index is 9.28. The quantitative estimate of drug-likeness (QED) is 0.760. The Hall–Kier alpha value is 0.148. The number of hydrogen-bond donors (Lipinski definition) is 1. The molecule has 2 aliphatic heterocycles. The summed E-state index contributed by atoms with van der Waals surface area (Å²) in [6, 6.07) is 0. The average Bonchev–Trinajstić information content (AvgIpc) is 2.56. The van der Waals surface area contributed by atoms with Crippen molar-refractivity contribution < 1.29 is 35.6 Å². The van der Waals surface area contributed by atoms with E-state index in [1.807, 2.05) is 6.08 Å². The molecule has 0 spiro atoms. The summed E-state index contributed by atoms with van der Waals surface area (Å²) < 4.78 is 10.8. The van der Waals surface area contributed by atoms with E-state index in [9.17, 15) is 5.11 Å². The van der Waals surface area contributed by atoms with E-state index in [0.29, 0.717) is 24.7 Å². The molecule has 78 valence electrons. The van der Waals surface area contributed by atoms with Gasteiger partial charge in [0.05, 0.1) is 25.1 Å². The second kappa shape index (κ2) is 5.13. The minimum absolute atomic E-state index is 0. The van der Waals surface area contributed by atoms with Gasteiger partial charge in [0.15, 0.2) is 0 Å². The third kappa shape index (κ3) is 2.80. The van der Waals surface area contributed by atoms with Crippen LogP contribution in [-0.2, 0) is 30.5 Å². The van der Waals surface area contributed by atoms with Crippen molar-refractivity contribution in [3.8, 4) is 0 Å². The van der Waals surface area contributed by atoms with E-state index in [0.717, 1.165) is 19.6 Å². The van der Waals surface area contributed by atoms with Gasteiger partial charge in [-0.25, -0.2) is 0 Å². The van der Waals surface area contributed by atoms with Crippen LogP contribution in [0.25, 0.3) is 0 Å². The van der Waals surface area contributed by atoms with Gasteiger partial charge < -0.3 is 14.6 Å². The van der Waals surface area contributed by atoms with E-state index in [1.165, 1.54) is 0 Å². The summed E-state index contributed by atoms with van der Waals surface area (Å²) in [7, 11) is 0. The minimum Gasteiger partial charge on any atom is -0.512 e. The van der Waals surface area contributed by atoms with Gasteiger partial charge >= 0.3 is 0 Å². The molecule has 0 aromatic carbocycles. The normalized spacial score (nSPS) is 33.7. The molecule has 13 heavy (non-hydrogen) atoms. The smallest absolute Gasteiger partial charge is 0.0931 e. The molecule has 2 atom stereocenters. The van der Waals surface area contributed by atoms with Crippen molar-refractivity contribution in [3.63, 3.8) is 0 Å². The Labute approximate surface area is 92.4 Å². The molecule has 1 saturated heterocycles. The number of aliphatic hydroxyl groups is 1. The molecule has 3 nitrogen and oxygen atoms in total. The third-order valence-corrected chi connectivity index (χ3v) is 2.45. The Balaban J connectivity index is 0.000000845. The van der Waals surface area contributed by atoms with Gasteiger partial charge in [-0.3, -0.25) is 0 Å². The molecule has 0 amide bonds. The van der Waals surface area contributed by atoms with E-state index in [-0.39, 0.29) is 27.2 Å². The van der Waals surface area contributed by atoms with Crippen LogP contribution in [0.3, 0.4) is 0 Å². The predicted octanol–water partition coefficient (Wildman–Crippen LogP) is 1.25. The first-order valence-electron chi connectivity index (χ1n) is 4.45. The Morgan fingerprint density at radius 3 is 2.85 bits per heavy atom. The predicted molar refractivity (Wildman–Crippen MR) is 44.0 cm³/mol. The molecule has 2 rings (SSSR count). The van der Waals surface area contributed by atoms with E-state index in [2.05, 4.69) is 0 Å². The van der Waals surface area contributed by atoms with E-state index in [4.69, 9.17) is 9.47 Å². The third-order valence-electron chi connectivity index (χ3n) is 2.45. The Morgan fingerprint density at radius 2 is 2.23 bits per heavy atom. The number of rotatable bonds is 1. The fraction of sp³-hybridized carbons (Fsp3) is 0.778. The van der Waals surface area contributed by atoms with Crippen LogP contribution in [0.2, 0.25) is 0 Å². The van der Waals surface area contributed by atoms with Gasteiger partial charge in [0.25, 0.3) is 0 Å². The van der Waals surface area contributed by atoms with Crippen molar-refractivity contribution in [3.05, 3.63) is 11.8 Å². The maximum absolute atomic E-state index is 9.28. The largest absolute Gasteiger partial charge is 0.512 e. The molecule has 1 fully saturated rings. The summed E-state index contributed by atoms with van der Waals surface area (Å²) in [5.41, 5.74) is 0. The summed E-state index contributed by atoms with van der Waals surface area (Å²) in [6.07, 6.45) is 3.61. The van der Waals surface area contributed by atoms with Crippen LogP contribution in [-0.4, -0.2) is 31.0 Å². The van der Waals surface area contributed by atoms with Crippen molar-refractivity contribution in [2.75, 3.05) is 19.8 Å². The fourth-order valence-electron chi connectivity index (χ4n) is 1.70. The zero-order valence-electron chi connectivity index (χ0n) is 7.35. The molecular formula is C9H14O3Pt. The zero-order chi connectivity index (χ0) is 8.39. The fourth-order valence-corrected chi connectivity index (χ4v) is 1.70. The van der Waals surface area contributed by atoms with Crippen LogP contribution in [0, 0.1) is 5.92 Å². The molecule has 0 saturated carbocycles. The number of hydrogen-bond acceptors (Lipinski definition) is 3.